The number of nitrogens with one attached hydrogen (secondary N) is 2. The van der Waals surface area contributed by atoms with Crippen LogP contribution >= 0.6 is 0 Å². The Balaban J connectivity index is 1.89. The number of rotatable bonds is 6. The van der Waals surface area contributed by atoms with Gasteiger partial charge in [0, 0.05) is 24.3 Å². The molecule has 2 rings (SSSR count). The van der Waals surface area contributed by atoms with E-state index in [-0.39, 0.29) is 5.91 Å². The Kier molecular flexibility index (Phi) is 5.38. The number of hydrogen-bond donors (Lipinski definition) is 2. The highest BCUT2D eigenvalue weighted by atomic mass is 16.1. The zero-order chi connectivity index (χ0) is 15.1. The first-order valence-electron chi connectivity index (χ1n) is 7.37. The Morgan fingerprint density at radius 2 is 1.71 bits per heavy atom. The van der Waals surface area contributed by atoms with Crippen LogP contribution in [0.1, 0.15) is 35.7 Å². The van der Waals surface area contributed by atoms with Crippen LogP contribution in [-0.2, 0) is 0 Å². The third kappa shape index (κ3) is 4.35. The van der Waals surface area contributed by atoms with Gasteiger partial charge in [0.1, 0.15) is 0 Å². The van der Waals surface area contributed by atoms with Gasteiger partial charge in [0.25, 0.3) is 5.91 Å². The normalized spacial score (nSPS) is 11.7. The summed E-state index contributed by atoms with van der Waals surface area (Å²) in [6.45, 7) is 5.67. The second-order valence-electron chi connectivity index (χ2n) is 5.13. The van der Waals surface area contributed by atoms with Crippen LogP contribution in [0.2, 0.25) is 0 Å². The van der Waals surface area contributed by atoms with Gasteiger partial charge in [0.2, 0.25) is 0 Å². The second-order valence-corrected chi connectivity index (χ2v) is 5.13. The number of hydrogen-bond acceptors (Lipinski definition) is 2. The van der Waals surface area contributed by atoms with Gasteiger partial charge < -0.3 is 10.6 Å². The van der Waals surface area contributed by atoms with Crippen LogP contribution in [0.15, 0.2) is 54.6 Å². The fourth-order valence-corrected chi connectivity index (χ4v) is 2.19. The highest BCUT2D eigenvalue weighted by Crippen LogP contribution is 2.14. The molecule has 21 heavy (non-hydrogen) atoms. The van der Waals surface area contributed by atoms with Gasteiger partial charge in [0.15, 0.2) is 0 Å². The molecule has 2 N–H and O–H groups in total. The minimum atomic E-state index is -0.0270. The molecular weight excluding hydrogens is 260 g/mol. The van der Waals surface area contributed by atoms with Crippen molar-refractivity contribution in [2.45, 2.75) is 19.8 Å². The van der Waals surface area contributed by atoms with Gasteiger partial charge in [-0.1, -0.05) is 37.3 Å². The Bertz CT molecular complexity index is 564. The Morgan fingerprint density at radius 1 is 1.05 bits per heavy atom. The van der Waals surface area contributed by atoms with Crippen molar-refractivity contribution in [3.63, 3.8) is 0 Å². The number of carbonyl (C=O) groups is 1. The molecule has 0 heterocycles. The number of anilines is 1. The lowest BCUT2D eigenvalue weighted by Gasteiger charge is -2.13. The van der Waals surface area contributed by atoms with Gasteiger partial charge in [-0.3, -0.25) is 4.79 Å². The van der Waals surface area contributed by atoms with E-state index >= 15 is 0 Å². The Hall–Kier alpha value is -2.29. The molecule has 0 radical (unpaired) electrons. The van der Waals surface area contributed by atoms with E-state index in [2.05, 4.69) is 29.7 Å². The van der Waals surface area contributed by atoms with Crippen molar-refractivity contribution in [3.8, 4) is 0 Å². The maximum absolute atomic E-state index is 12.1. The molecule has 1 amide bonds. The lowest BCUT2D eigenvalue weighted by molar-refractivity contribution is 0.0951. The van der Waals surface area contributed by atoms with Gasteiger partial charge in [-0.2, -0.15) is 0 Å². The minimum absolute atomic E-state index is 0.0270. The van der Waals surface area contributed by atoms with Crippen LogP contribution in [-0.4, -0.2) is 19.0 Å². The standard InChI is InChI=1S/C18H22N2O/c1-3-19-17-11-9-16(10-12-17)18(21)20-13-14(2)15-7-5-4-6-8-15/h4-12,14,19H,3,13H2,1-2H3,(H,20,21). The van der Waals surface area contributed by atoms with Crippen LogP contribution < -0.4 is 10.6 Å². The molecule has 3 heteroatoms. The van der Waals surface area contributed by atoms with Gasteiger partial charge >= 0.3 is 0 Å². The third-order valence-electron chi connectivity index (χ3n) is 3.47. The average Bonchev–Trinajstić information content (AvgIpc) is 2.54. The predicted molar refractivity (Wildman–Crippen MR) is 87.8 cm³/mol. The fraction of sp³-hybridized carbons (Fsp3) is 0.278. The van der Waals surface area contributed by atoms with Crippen molar-refractivity contribution in [2.75, 3.05) is 18.4 Å². The zero-order valence-electron chi connectivity index (χ0n) is 12.6. The summed E-state index contributed by atoms with van der Waals surface area (Å²) in [5, 5.41) is 6.20. The van der Waals surface area contributed by atoms with Gasteiger partial charge in [-0.05, 0) is 42.7 Å². The lowest BCUT2D eigenvalue weighted by Crippen LogP contribution is -2.27. The van der Waals surface area contributed by atoms with E-state index < -0.39 is 0 Å². The smallest absolute Gasteiger partial charge is 0.251 e. The number of carbonyl (C=O) groups excluding carboxylic acids is 1. The monoisotopic (exact) mass is 282 g/mol. The van der Waals surface area contributed by atoms with Crippen molar-refractivity contribution in [1.82, 2.24) is 5.32 Å². The summed E-state index contributed by atoms with van der Waals surface area (Å²) >= 11 is 0. The predicted octanol–water partition coefficient (Wildman–Crippen LogP) is 3.65. The van der Waals surface area contributed by atoms with Crippen molar-refractivity contribution >= 4 is 11.6 Å². The fourth-order valence-electron chi connectivity index (χ4n) is 2.19. The maximum atomic E-state index is 12.1. The summed E-state index contributed by atoms with van der Waals surface area (Å²) < 4.78 is 0. The number of benzene rings is 2. The summed E-state index contributed by atoms with van der Waals surface area (Å²) in [5.41, 5.74) is 2.96. The Morgan fingerprint density at radius 3 is 2.33 bits per heavy atom. The van der Waals surface area contributed by atoms with Crippen molar-refractivity contribution in [3.05, 3.63) is 65.7 Å². The van der Waals surface area contributed by atoms with E-state index in [9.17, 15) is 4.79 Å². The summed E-state index contributed by atoms with van der Waals surface area (Å²) in [6.07, 6.45) is 0. The molecule has 110 valence electrons. The first kappa shape index (κ1) is 15.1. The molecule has 0 aliphatic carbocycles. The first-order chi connectivity index (χ1) is 10.2. The first-order valence-corrected chi connectivity index (χ1v) is 7.37. The van der Waals surface area contributed by atoms with Crippen LogP contribution in [0.3, 0.4) is 0 Å². The van der Waals surface area contributed by atoms with Gasteiger partial charge in [0.05, 0.1) is 0 Å². The van der Waals surface area contributed by atoms with E-state index in [0.29, 0.717) is 18.0 Å². The van der Waals surface area contributed by atoms with Crippen molar-refractivity contribution < 1.29 is 4.79 Å². The zero-order valence-corrected chi connectivity index (χ0v) is 12.6. The maximum Gasteiger partial charge on any atom is 0.251 e. The van der Waals surface area contributed by atoms with Gasteiger partial charge in [-0.15, -0.1) is 0 Å². The molecule has 0 spiro atoms. The van der Waals surface area contributed by atoms with E-state index in [4.69, 9.17) is 0 Å². The highest BCUT2D eigenvalue weighted by molar-refractivity contribution is 5.94. The molecule has 1 unspecified atom stereocenters. The highest BCUT2D eigenvalue weighted by Gasteiger charge is 2.09. The third-order valence-corrected chi connectivity index (χ3v) is 3.47. The van der Waals surface area contributed by atoms with E-state index in [1.807, 2.05) is 49.4 Å². The molecule has 2 aromatic rings. The van der Waals surface area contributed by atoms with Gasteiger partial charge in [-0.25, -0.2) is 0 Å². The lowest BCUT2D eigenvalue weighted by atomic mass is 10.0. The van der Waals surface area contributed by atoms with E-state index in [1.165, 1.54) is 5.56 Å². The van der Waals surface area contributed by atoms with Crippen LogP contribution in [0, 0.1) is 0 Å². The summed E-state index contributed by atoms with van der Waals surface area (Å²) in [6, 6.07) is 17.8. The topological polar surface area (TPSA) is 41.1 Å². The van der Waals surface area contributed by atoms with Crippen molar-refractivity contribution in [1.29, 1.82) is 0 Å². The Labute approximate surface area is 126 Å². The molecular formula is C18H22N2O. The quantitative estimate of drug-likeness (QED) is 0.849. The molecule has 0 fully saturated rings. The van der Waals surface area contributed by atoms with E-state index in [0.717, 1.165) is 12.2 Å². The molecule has 1 atom stereocenters. The number of amides is 1. The van der Waals surface area contributed by atoms with Crippen LogP contribution in [0.4, 0.5) is 5.69 Å². The van der Waals surface area contributed by atoms with Crippen LogP contribution in [0.5, 0.6) is 0 Å². The summed E-state index contributed by atoms with van der Waals surface area (Å²) in [5.74, 6) is 0.275. The minimum Gasteiger partial charge on any atom is -0.385 e. The largest absolute Gasteiger partial charge is 0.385 e. The molecule has 0 aromatic heterocycles. The molecule has 2 aromatic carbocycles. The van der Waals surface area contributed by atoms with Crippen molar-refractivity contribution in [2.24, 2.45) is 0 Å². The van der Waals surface area contributed by atoms with Crippen LogP contribution in [0.25, 0.3) is 0 Å². The molecule has 0 bridgehead atoms. The molecule has 0 aliphatic rings. The van der Waals surface area contributed by atoms with E-state index in [1.54, 1.807) is 0 Å². The second kappa shape index (κ2) is 7.48. The SMILES string of the molecule is CCNc1ccc(C(=O)NCC(C)c2ccccc2)cc1. The summed E-state index contributed by atoms with van der Waals surface area (Å²) in [4.78, 5) is 12.1. The summed E-state index contributed by atoms with van der Waals surface area (Å²) in [7, 11) is 0. The molecule has 0 saturated heterocycles. The molecule has 0 saturated carbocycles. The molecule has 3 nitrogen and oxygen atoms in total. The average molecular weight is 282 g/mol. The molecule has 0 aliphatic heterocycles.